The van der Waals surface area contributed by atoms with Crippen molar-refractivity contribution in [2.45, 2.75) is 39.8 Å². The topological polar surface area (TPSA) is 57.4 Å². The highest BCUT2D eigenvalue weighted by Gasteiger charge is 2.20. The largest absolute Gasteiger partial charge is 0.444 e. The molecule has 0 spiro atoms. The van der Waals surface area contributed by atoms with E-state index in [0.717, 1.165) is 13.1 Å². The Morgan fingerprint density at radius 2 is 2.20 bits per heavy atom. The number of hydrogen-bond donors (Lipinski definition) is 2. The molecule has 1 aromatic heterocycles. The Kier molecular flexibility index (Phi) is 6.07. The Morgan fingerprint density at radius 1 is 1.50 bits per heavy atom. The van der Waals surface area contributed by atoms with Gasteiger partial charge >= 0.3 is 6.09 Å². The Hall–Kier alpha value is -1.49. The smallest absolute Gasteiger partial charge is 0.410 e. The number of carbonyl (C=O) groups is 1. The van der Waals surface area contributed by atoms with Crippen LogP contribution in [0.2, 0.25) is 0 Å². The fraction of sp³-hybridized carbons (Fsp3) is 0.667. The van der Waals surface area contributed by atoms with Gasteiger partial charge in [-0.15, -0.1) is 0 Å². The van der Waals surface area contributed by atoms with E-state index in [1.165, 1.54) is 5.56 Å². The summed E-state index contributed by atoms with van der Waals surface area (Å²) >= 11 is 0. The van der Waals surface area contributed by atoms with Crippen LogP contribution in [0.5, 0.6) is 0 Å². The molecule has 20 heavy (non-hydrogen) atoms. The van der Waals surface area contributed by atoms with Crippen LogP contribution >= 0.6 is 0 Å². The van der Waals surface area contributed by atoms with Crippen LogP contribution in [0.1, 0.15) is 33.3 Å². The molecule has 5 nitrogen and oxygen atoms in total. The third-order valence-corrected chi connectivity index (χ3v) is 2.77. The van der Waals surface area contributed by atoms with Crippen molar-refractivity contribution in [2.24, 2.45) is 5.92 Å². The van der Waals surface area contributed by atoms with Gasteiger partial charge in [0, 0.05) is 32.5 Å². The Morgan fingerprint density at radius 3 is 2.75 bits per heavy atom. The number of ether oxygens (including phenoxy) is 1. The lowest BCUT2D eigenvalue weighted by Gasteiger charge is -2.26. The molecule has 0 aromatic carbocycles. The van der Waals surface area contributed by atoms with Gasteiger partial charge < -0.3 is 19.9 Å². The predicted octanol–water partition coefficient (Wildman–Crippen LogP) is 2.61. The number of aromatic amines is 1. The second-order valence-electron chi connectivity index (χ2n) is 6.32. The number of aromatic nitrogens is 1. The van der Waals surface area contributed by atoms with Crippen molar-refractivity contribution in [3.63, 3.8) is 0 Å². The van der Waals surface area contributed by atoms with E-state index >= 15 is 0 Å². The molecular formula is C15H27N3O2. The van der Waals surface area contributed by atoms with Crippen LogP contribution in [0.4, 0.5) is 4.79 Å². The van der Waals surface area contributed by atoms with E-state index in [4.69, 9.17) is 4.74 Å². The number of H-pyrrole nitrogens is 1. The molecule has 0 radical (unpaired) electrons. The third kappa shape index (κ3) is 6.61. The SMILES string of the molecule is CC(CNCc1cc[nH]c1)CN(C)C(=O)OC(C)(C)C. The van der Waals surface area contributed by atoms with Gasteiger partial charge in [0.15, 0.2) is 0 Å². The molecule has 1 heterocycles. The normalized spacial score (nSPS) is 13.1. The maximum Gasteiger partial charge on any atom is 0.410 e. The summed E-state index contributed by atoms with van der Waals surface area (Å²) < 4.78 is 5.33. The minimum Gasteiger partial charge on any atom is -0.444 e. The Balaban J connectivity index is 2.23. The van der Waals surface area contributed by atoms with E-state index in [1.54, 1.807) is 11.9 Å². The van der Waals surface area contributed by atoms with Crippen molar-refractivity contribution in [3.05, 3.63) is 24.0 Å². The summed E-state index contributed by atoms with van der Waals surface area (Å²) in [6.07, 6.45) is 3.62. The molecular weight excluding hydrogens is 254 g/mol. The highest BCUT2D eigenvalue weighted by Crippen LogP contribution is 2.10. The zero-order chi connectivity index (χ0) is 15.2. The maximum absolute atomic E-state index is 11.8. The molecule has 0 bridgehead atoms. The van der Waals surface area contributed by atoms with E-state index in [1.807, 2.05) is 39.2 Å². The van der Waals surface area contributed by atoms with Crippen molar-refractivity contribution in [3.8, 4) is 0 Å². The minimum absolute atomic E-state index is 0.269. The number of rotatable bonds is 6. The van der Waals surface area contributed by atoms with Gasteiger partial charge in [-0.25, -0.2) is 4.79 Å². The molecule has 0 aliphatic carbocycles. The summed E-state index contributed by atoms with van der Waals surface area (Å²) in [6.45, 7) is 10.1. The second-order valence-corrected chi connectivity index (χ2v) is 6.32. The number of carbonyl (C=O) groups excluding carboxylic acids is 1. The highest BCUT2D eigenvalue weighted by molar-refractivity contribution is 5.67. The van der Waals surface area contributed by atoms with Gasteiger partial charge in [0.1, 0.15) is 5.60 Å². The zero-order valence-corrected chi connectivity index (χ0v) is 13.2. The molecule has 1 unspecified atom stereocenters. The van der Waals surface area contributed by atoms with Crippen molar-refractivity contribution >= 4 is 6.09 Å². The lowest BCUT2D eigenvalue weighted by atomic mass is 10.1. The van der Waals surface area contributed by atoms with Crippen molar-refractivity contribution in [1.29, 1.82) is 0 Å². The minimum atomic E-state index is -0.443. The van der Waals surface area contributed by atoms with Gasteiger partial charge in [-0.05, 0) is 44.9 Å². The van der Waals surface area contributed by atoms with Gasteiger partial charge in [0.05, 0.1) is 0 Å². The van der Waals surface area contributed by atoms with Gasteiger partial charge in [0.2, 0.25) is 0 Å². The van der Waals surface area contributed by atoms with Crippen molar-refractivity contribution < 1.29 is 9.53 Å². The molecule has 0 saturated heterocycles. The first-order valence-electron chi connectivity index (χ1n) is 7.04. The monoisotopic (exact) mass is 281 g/mol. The predicted molar refractivity (Wildman–Crippen MR) is 80.5 cm³/mol. The van der Waals surface area contributed by atoms with E-state index in [2.05, 4.69) is 17.2 Å². The molecule has 5 heteroatoms. The fourth-order valence-electron chi connectivity index (χ4n) is 1.88. The average Bonchev–Trinajstić information content (AvgIpc) is 2.79. The third-order valence-electron chi connectivity index (χ3n) is 2.77. The molecule has 0 fully saturated rings. The molecule has 1 amide bonds. The summed E-state index contributed by atoms with van der Waals surface area (Å²) in [7, 11) is 1.77. The number of nitrogens with one attached hydrogen (secondary N) is 2. The number of amides is 1. The van der Waals surface area contributed by atoms with Crippen LogP contribution < -0.4 is 5.32 Å². The molecule has 1 aromatic rings. The maximum atomic E-state index is 11.8. The molecule has 0 aliphatic heterocycles. The van der Waals surface area contributed by atoms with Crippen LogP contribution in [-0.4, -0.2) is 41.7 Å². The number of nitrogens with zero attached hydrogens (tertiary/aromatic N) is 1. The lowest BCUT2D eigenvalue weighted by molar-refractivity contribution is 0.0277. The summed E-state index contributed by atoms with van der Waals surface area (Å²) in [5.41, 5.74) is 0.791. The molecule has 114 valence electrons. The summed E-state index contributed by atoms with van der Waals surface area (Å²) in [6, 6.07) is 2.05. The molecule has 1 rings (SSSR count). The van der Waals surface area contributed by atoms with E-state index in [-0.39, 0.29) is 6.09 Å². The van der Waals surface area contributed by atoms with Crippen molar-refractivity contribution in [2.75, 3.05) is 20.1 Å². The van der Waals surface area contributed by atoms with E-state index in [9.17, 15) is 4.79 Å². The van der Waals surface area contributed by atoms with Crippen molar-refractivity contribution in [1.82, 2.24) is 15.2 Å². The van der Waals surface area contributed by atoms with Gasteiger partial charge in [-0.3, -0.25) is 0 Å². The van der Waals surface area contributed by atoms with Gasteiger partial charge in [0.25, 0.3) is 0 Å². The summed E-state index contributed by atoms with van der Waals surface area (Å²) in [5.74, 6) is 0.367. The first-order valence-corrected chi connectivity index (χ1v) is 7.04. The average molecular weight is 281 g/mol. The second kappa shape index (κ2) is 7.33. The van der Waals surface area contributed by atoms with Gasteiger partial charge in [-0.1, -0.05) is 6.92 Å². The highest BCUT2D eigenvalue weighted by atomic mass is 16.6. The zero-order valence-electron chi connectivity index (χ0n) is 13.2. The van der Waals surface area contributed by atoms with E-state index in [0.29, 0.717) is 12.5 Å². The van der Waals surface area contributed by atoms with E-state index < -0.39 is 5.60 Å². The lowest BCUT2D eigenvalue weighted by Crippen LogP contribution is -2.38. The van der Waals surface area contributed by atoms with Crippen LogP contribution in [0.25, 0.3) is 0 Å². The summed E-state index contributed by atoms with van der Waals surface area (Å²) in [5, 5.41) is 3.38. The van der Waals surface area contributed by atoms with Crippen LogP contribution in [0.3, 0.4) is 0 Å². The first-order chi connectivity index (χ1) is 9.28. The number of hydrogen-bond acceptors (Lipinski definition) is 3. The molecule has 2 N–H and O–H groups in total. The van der Waals surface area contributed by atoms with Crippen LogP contribution in [0, 0.1) is 5.92 Å². The first kappa shape index (κ1) is 16.6. The quantitative estimate of drug-likeness (QED) is 0.842. The van der Waals surface area contributed by atoms with Gasteiger partial charge in [-0.2, -0.15) is 0 Å². The molecule has 0 aliphatic rings. The Labute approximate surface area is 121 Å². The summed E-state index contributed by atoms with van der Waals surface area (Å²) in [4.78, 5) is 16.5. The Bertz CT molecular complexity index is 396. The fourth-order valence-corrected chi connectivity index (χ4v) is 1.88. The standard InChI is InChI=1S/C15H27N3O2/c1-12(8-17-10-13-6-7-16-9-13)11-18(5)14(19)20-15(2,3)4/h6-7,9,12,16-17H,8,10-11H2,1-5H3. The molecule has 0 saturated carbocycles. The van der Waals surface area contributed by atoms with Crippen LogP contribution in [-0.2, 0) is 11.3 Å². The molecule has 1 atom stereocenters. The van der Waals surface area contributed by atoms with Crippen LogP contribution in [0.15, 0.2) is 18.5 Å².